The van der Waals surface area contributed by atoms with Gasteiger partial charge in [-0.15, -0.1) is 10.2 Å². The highest BCUT2D eigenvalue weighted by atomic mass is 32.2. The van der Waals surface area contributed by atoms with Gasteiger partial charge in [-0.05, 0) is 59.7 Å². The summed E-state index contributed by atoms with van der Waals surface area (Å²) < 4.78 is 18.7. The van der Waals surface area contributed by atoms with Gasteiger partial charge in [-0.1, -0.05) is 66.4 Å². The molecule has 2 heterocycles. The summed E-state index contributed by atoms with van der Waals surface area (Å²) in [4.78, 5) is 12.3. The van der Waals surface area contributed by atoms with Crippen LogP contribution >= 0.6 is 11.8 Å². The van der Waals surface area contributed by atoms with Crippen LogP contribution in [0, 0.1) is 5.82 Å². The normalized spacial score (nSPS) is 10.8. The summed E-state index contributed by atoms with van der Waals surface area (Å²) in [5.41, 5.74) is 4.61. The van der Waals surface area contributed by atoms with Gasteiger partial charge >= 0.3 is 0 Å². The maximum atomic E-state index is 13.0. The van der Waals surface area contributed by atoms with E-state index in [1.807, 2.05) is 42.5 Å². The summed E-state index contributed by atoms with van der Waals surface area (Å²) in [6, 6.07) is 31.2. The standard InChI is InChI=1S/C28H20FN3O2S/c29-22-10-12-23(13-11-22)30-28(33)26-16-14-24(34-26)18-35-27-17-15-25(31-32-27)21-8-6-20(7-9-21)19-4-2-1-3-5-19/h1-17H,18H2,(H,30,33). The third-order valence-corrected chi connectivity index (χ3v) is 6.22. The molecule has 0 saturated carbocycles. The number of amides is 1. The number of anilines is 1. The fourth-order valence-corrected chi connectivity index (χ4v) is 4.17. The third-order valence-electron chi connectivity index (χ3n) is 5.28. The highest BCUT2D eigenvalue weighted by Gasteiger charge is 2.12. The number of nitrogens with one attached hydrogen (secondary N) is 1. The molecule has 1 N–H and O–H groups in total. The van der Waals surface area contributed by atoms with Crippen molar-refractivity contribution in [2.24, 2.45) is 0 Å². The Morgan fingerprint density at radius 3 is 2.20 bits per heavy atom. The molecule has 0 unspecified atom stereocenters. The highest BCUT2D eigenvalue weighted by molar-refractivity contribution is 7.98. The van der Waals surface area contributed by atoms with Crippen molar-refractivity contribution in [3.8, 4) is 22.4 Å². The number of carbonyl (C=O) groups excluding carboxylic acids is 1. The van der Waals surface area contributed by atoms with Crippen LogP contribution in [0.1, 0.15) is 16.3 Å². The van der Waals surface area contributed by atoms with Crippen molar-refractivity contribution in [2.45, 2.75) is 10.8 Å². The van der Waals surface area contributed by atoms with Crippen LogP contribution in [0.25, 0.3) is 22.4 Å². The molecule has 0 fully saturated rings. The summed E-state index contributed by atoms with van der Waals surface area (Å²) in [6.07, 6.45) is 0. The number of carbonyl (C=O) groups is 1. The molecule has 0 atom stereocenters. The van der Waals surface area contributed by atoms with Gasteiger partial charge in [0.05, 0.1) is 11.4 Å². The molecule has 5 nitrogen and oxygen atoms in total. The Kier molecular flexibility index (Phi) is 6.68. The smallest absolute Gasteiger partial charge is 0.291 e. The lowest BCUT2D eigenvalue weighted by molar-refractivity contribution is 0.0995. The number of aromatic nitrogens is 2. The van der Waals surface area contributed by atoms with Gasteiger partial charge in [-0.25, -0.2) is 4.39 Å². The lowest BCUT2D eigenvalue weighted by Gasteiger charge is -2.05. The van der Waals surface area contributed by atoms with Crippen molar-refractivity contribution in [1.82, 2.24) is 10.2 Å². The minimum absolute atomic E-state index is 0.185. The second-order valence-electron chi connectivity index (χ2n) is 7.72. The topological polar surface area (TPSA) is 68.0 Å². The lowest BCUT2D eigenvalue weighted by Crippen LogP contribution is -2.10. The van der Waals surface area contributed by atoms with Crippen molar-refractivity contribution in [3.63, 3.8) is 0 Å². The van der Waals surface area contributed by atoms with Gasteiger partial charge in [0.15, 0.2) is 5.76 Å². The first-order chi connectivity index (χ1) is 17.1. The zero-order chi connectivity index (χ0) is 24.0. The van der Waals surface area contributed by atoms with E-state index < -0.39 is 5.91 Å². The molecule has 0 bridgehead atoms. The summed E-state index contributed by atoms with van der Waals surface area (Å²) in [7, 11) is 0. The zero-order valence-corrected chi connectivity index (χ0v) is 19.3. The fourth-order valence-electron chi connectivity index (χ4n) is 3.46. The Morgan fingerprint density at radius 2 is 1.49 bits per heavy atom. The van der Waals surface area contributed by atoms with Crippen LogP contribution in [0.2, 0.25) is 0 Å². The quantitative estimate of drug-likeness (QED) is 0.251. The summed E-state index contributed by atoms with van der Waals surface area (Å²) in [5.74, 6) is 0.573. The van der Waals surface area contributed by atoms with Crippen LogP contribution in [0.15, 0.2) is 113 Å². The number of benzene rings is 3. The zero-order valence-electron chi connectivity index (χ0n) is 18.5. The Bertz CT molecular complexity index is 1420. The maximum absolute atomic E-state index is 13.0. The Labute approximate surface area is 206 Å². The molecule has 2 aromatic heterocycles. The molecule has 5 rings (SSSR count). The van der Waals surface area contributed by atoms with Crippen molar-refractivity contribution < 1.29 is 13.6 Å². The molecule has 35 heavy (non-hydrogen) atoms. The second kappa shape index (κ2) is 10.4. The molecule has 0 aliphatic rings. The number of thioether (sulfide) groups is 1. The van der Waals surface area contributed by atoms with E-state index in [1.165, 1.54) is 41.6 Å². The summed E-state index contributed by atoms with van der Waals surface area (Å²) in [6.45, 7) is 0. The molecule has 0 aliphatic carbocycles. The number of rotatable bonds is 7. The first-order valence-electron chi connectivity index (χ1n) is 10.9. The molecular weight excluding hydrogens is 461 g/mol. The Morgan fingerprint density at radius 1 is 0.771 bits per heavy atom. The van der Waals surface area contributed by atoms with E-state index in [0.717, 1.165) is 21.8 Å². The molecule has 0 spiro atoms. The minimum Gasteiger partial charge on any atom is -0.455 e. The van der Waals surface area contributed by atoms with Crippen LogP contribution < -0.4 is 5.32 Å². The Hall–Kier alpha value is -4.23. The minimum atomic E-state index is -0.393. The van der Waals surface area contributed by atoms with Crippen molar-refractivity contribution in [1.29, 1.82) is 0 Å². The SMILES string of the molecule is O=C(Nc1ccc(F)cc1)c1ccc(CSc2ccc(-c3ccc(-c4ccccc4)cc3)nn2)o1. The third kappa shape index (κ3) is 5.65. The number of halogens is 1. The average molecular weight is 482 g/mol. The monoisotopic (exact) mass is 481 g/mol. The molecule has 0 radical (unpaired) electrons. The van der Waals surface area contributed by atoms with Crippen LogP contribution in [0.4, 0.5) is 10.1 Å². The maximum Gasteiger partial charge on any atom is 0.291 e. The summed E-state index contributed by atoms with van der Waals surface area (Å²) in [5, 5.41) is 12.1. The van der Waals surface area contributed by atoms with Crippen molar-refractivity contribution >= 4 is 23.4 Å². The van der Waals surface area contributed by atoms with Gasteiger partial charge in [0.25, 0.3) is 5.91 Å². The van der Waals surface area contributed by atoms with E-state index in [0.29, 0.717) is 17.2 Å². The van der Waals surface area contributed by atoms with Gasteiger partial charge < -0.3 is 9.73 Å². The number of nitrogens with zero attached hydrogens (tertiary/aromatic N) is 2. The van der Waals surface area contributed by atoms with Gasteiger partial charge in [0, 0.05) is 11.3 Å². The number of hydrogen-bond donors (Lipinski definition) is 1. The van der Waals surface area contributed by atoms with Crippen LogP contribution in [0.3, 0.4) is 0 Å². The molecule has 0 aliphatic heterocycles. The predicted octanol–water partition coefficient (Wildman–Crippen LogP) is 7.09. The molecule has 7 heteroatoms. The van der Waals surface area contributed by atoms with Crippen LogP contribution in [-0.2, 0) is 5.75 Å². The van der Waals surface area contributed by atoms with Gasteiger partial charge in [0.2, 0.25) is 0 Å². The number of furan rings is 1. The fraction of sp³-hybridized carbons (Fsp3) is 0.0357. The lowest BCUT2D eigenvalue weighted by atomic mass is 10.0. The van der Waals surface area contributed by atoms with E-state index in [4.69, 9.17) is 4.42 Å². The van der Waals surface area contributed by atoms with Crippen molar-refractivity contribution in [3.05, 3.63) is 120 Å². The predicted molar refractivity (Wildman–Crippen MR) is 136 cm³/mol. The van der Waals surface area contributed by atoms with E-state index >= 15 is 0 Å². The average Bonchev–Trinajstić information content (AvgIpc) is 3.39. The molecule has 0 saturated heterocycles. The first kappa shape index (κ1) is 22.6. The first-order valence-corrected chi connectivity index (χ1v) is 11.9. The van der Waals surface area contributed by atoms with E-state index in [-0.39, 0.29) is 11.6 Å². The molecular formula is C28H20FN3O2S. The molecule has 5 aromatic rings. The molecule has 3 aromatic carbocycles. The molecule has 172 valence electrons. The van der Waals surface area contributed by atoms with E-state index in [9.17, 15) is 9.18 Å². The summed E-state index contributed by atoms with van der Waals surface area (Å²) >= 11 is 1.47. The van der Waals surface area contributed by atoms with Crippen LogP contribution in [-0.4, -0.2) is 16.1 Å². The second-order valence-corrected chi connectivity index (χ2v) is 8.71. The number of hydrogen-bond acceptors (Lipinski definition) is 5. The van der Waals surface area contributed by atoms with Gasteiger partial charge in [0.1, 0.15) is 16.6 Å². The largest absolute Gasteiger partial charge is 0.455 e. The van der Waals surface area contributed by atoms with E-state index in [2.05, 4.69) is 39.8 Å². The Balaban J connectivity index is 1.17. The van der Waals surface area contributed by atoms with Crippen molar-refractivity contribution in [2.75, 3.05) is 5.32 Å². The highest BCUT2D eigenvalue weighted by Crippen LogP contribution is 2.26. The van der Waals surface area contributed by atoms with Gasteiger partial charge in [-0.2, -0.15) is 0 Å². The van der Waals surface area contributed by atoms with E-state index in [1.54, 1.807) is 12.1 Å². The van der Waals surface area contributed by atoms with Crippen LogP contribution in [0.5, 0.6) is 0 Å². The van der Waals surface area contributed by atoms with Gasteiger partial charge in [-0.3, -0.25) is 4.79 Å². The molecule has 1 amide bonds.